The Kier molecular flexibility index (Phi) is 10.7. The van der Waals surface area contributed by atoms with Gasteiger partial charge in [0.25, 0.3) is 5.91 Å². The average molecular weight is 782 g/mol. The number of hydrogen-bond acceptors (Lipinski definition) is 9. The number of ether oxygens (including phenoxy) is 3. The van der Waals surface area contributed by atoms with Crippen molar-refractivity contribution in [3.63, 3.8) is 0 Å². The van der Waals surface area contributed by atoms with Crippen LogP contribution in [0.1, 0.15) is 27.7 Å². The molecule has 5 aromatic rings. The molecule has 1 aliphatic rings. The van der Waals surface area contributed by atoms with Gasteiger partial charge in [-0.1, -0.05) is 18.2 Å². The summed E-state index contributed by atoms with van der Waals surface area (Å²) in [4.78, 5) is 30.5. The molecule has 1 atom stereocenters. The highest BCUT2D eigenvalue weighted by Crippen LogP contribution is 2.48. The number of aromatic nitrogens is 2. The van der Waals surface area contributed by atoms with Gasteiger partial charge in [-0.15, -0.1) is 11.6 Å². The number of alkyl halides is 4. The fourth-order valence-electron chi connectivity index (χ4n) is 6.62. The molecule has 0 saturated carbocycles. The summed E-state index contributed by atoms with van der Waals surface area (Å²) in [6.45, 7) is 0.910. The molecule has 1 unspecified atom stereocenters. The first-order valence-electron chi connectivity index (χ1n) is 15.7. The first-order chi connectivity index (χ1) is 24.8. The van der Waals surface area contributed by atoms with Crippen LogP contribution in [-0.4, -0.2) is 86.7 Å². The maximum absolute atomic E-state index is 14.3. The topological polar surface area (TPSA) is 169 Å². The third kappa shape index (κ3) is 7.18. The molecule has 2 aromatic heterocycles. The predicted molar refractivity (Wildman–Crippen MR) is 192 cm³/mol. The second kappa shape index (κ2) is 14.4. The average Bonchev–Trinajstić information content (AvgIpc) is 3.80. The van der Waals surface area contributed by atoms with E-state index in [2.05, 4.69) is 37.3 Å². The lowest BCUT2D eigenvalue weighted by atomic mass is 9.94. The number of hydrogen-bond donors (Lipinski definition) is 1. The zero-order valence-electron chi connectivity index (χ0n) is 29.3. The second-order valence-corrected chi connectivity index (χ2v) is 14.4. The van der Waals surface area contributed by atoms with Gasteiger partial charge in [0, 0.05) is 41.2 Å². The van der Waals surface area contributed by atoms with Crippen LogP contribution in [0, 0.1) is 10.1 Å². The largest absolute Gasteiger partial charge is 0.741 e. The lowest BCUT2D eigenvalue weighted by Gasteiger charge is -2.31. The smallest absolute Gasteiger partial charge is 0.485 e. The van der Waals surface area contributed by atoms with Crippen LogP contribution in [0.4, 0.5) is 30.4 Å². The monoisotopic (exact) mass is 781 g/mol. The summed E-state index contributed by atoms with van der Waals surface area (Å²) in [5.41, 5.74) is -1.00. The number of quaternary nitrogens is 1. The molecule has 0 fully saturated rings. The molecule has 0 radical (unpaired) electrons. The van der Waals surface area contributed by atoms with Crippen molar-refractivity contribution in [3.05, 3.63) is 81.7 Å². The number of nitro groups is 1. The molecule has 1 amide bonds. The Labute approximate surface area is 306 Å². The van der Waals surface area contributed by atoms with Crippen molar-refractivity contribution in [1.82, 2.24) is 14.0 Å². The molecule has 284 valence electrons. The Balaban J connectivity index is 0.000000609. The number of halogens is 4. The number of anilines is 1. The Morgan fingerprint density at radius 3 is 2.19 bits per heavy atom. The van der Waals surface area contributed by atoms with Gasteiger partial charge in [-0.25, -0.2) is 13.0 Å². The van der Waals surface area contributed by atoms with Crippen molar-refractivity contribution in [2.75, 3.05) is 52.7 Å². The van der Waals surface area contributed by atoms with Gasteiger partial charge in [-0.2, -0.15) is 13.2 Å². The van der Waals surface area contributed by atoms with E-state index in [0.717, 1.165) is 38.8 Å². The van der Waals surface area contributed by atoms with Gasteiger partial charge in [-0.05, 0) is 40.1 Å². The predicted octanol–water partition coefficient (Wildman–Crippen LogP) is 6.39. The zero-order chi connectivity index (χ0) is 39.2. The summed E-state index contributed by atoms with van der Waals surface area (Å²) in [7, 11) is 4.38. The van der Waals surface area contributed by atoms with Crippen molar-refractivity contribution in [1.29, 1.82) is 0 Å². The first-order valence-corrected chi connectivity index (χ1v) is 17.6. The number of nitrogens with one attached hydrogen (secondary N) is 1. The maximum atomic E-state index is 14.3. The molecule has 53 heavy (non-hydrogen) atoms. The lowest BCUT2D eigenvalue weighted by molar-refractivity contribution is -0.391. The number of nitrogens with zero attached hydrogens (tertiary/aromatic N) is 4. The van der Waals surface area contributed by atoms with Crippen molar-refractivity contribution in [2.45, 2.75) is 18.0 Å². The maximum Gasteiger partial charge on any atom is 0.485 e. The molecule has 6 rings (SSSR count). The van der Waals surface area contributed by atoms with Crippen LogP contribution in [-0.2, 0) is 23.7 Å². The van der Waals surface area contributed by atoms with E-state index < -0.39 is 15.6 Å². The number of aromatic amines is 1. The quantitative estimate of drug-likeness (QED) is 0.0445. The minimum atomic E-state index is -6.09. The van der Waals surface area contributed by atoms with Gasteiger partial charge in [0.1, 0.15) is 17.9 Å². The van der Waals surface area contributed by atoms with E-state index in [-0.39, 0.29) is 22.6 Å². The zero-order valence-corrected chi connectivity index (χ0v) is 30.9. The summed E-state index contributed by atoms with van der Waals surface area (Å²) in [6.07, 6.45) is 0. The number of carbonyl (C=O) groups is 1. The Bertz CT molecular complexity index is 2340. The van der Waals surface area contributed by atoms with E-state index in [4.69, 9.17) is 38.8 Å². The summed E-state index contributed by atoms with van der Waals surface area (Å²) in [6, 6.07) is 17.2. The first kappa shape index (κ1) is 39.2. The van der Waals surface area contributed by atoms with Gasteiger partial charge in [0.15, 0.2) is 27.3 Å². The number of carbonyl (C=O) groups excluding carboxylic acids is 1. The SMILES string of the molecule is COc1cc2cc(C(=O)N3CC(CCl)c4c3cc([N+](C)(C)Cc3ccc([N+](=O)[O-])n3C)c3ccccc43)[nH]c2c(OC)c1OC.O=S(=O)([O-])C(F)(F)F. The molecule has 0 saturated heterocycles. The third-order valence-electron chi connectivity index (χ3n) is 9.11. The van der Waals surface area contributed by atoms with Crippen LogP contribution in [0.25, 0.3) is 21.7 Å². The fraction of sp³-hybridized carbons (Fsp3) is 0.324. The molecule has 1 aliphatic heterocycles. The second-order valence-electron chi connectivity index (χ2n) is 12.7. The van der Waals surface area contributed by atoms with Gasteiger partial charge in [0.05, 0.1) is 53.7 Å². The van der Waals surface area contributed by atoms with Crippen LogP contribution in [0.5, 0.6) is 17.2 Å². The lowest BCUT2D eigenvalue weighted by Crippen LogP contribution is -2.40. The molecule has 1 N–H and O–H groups in total. The summed E-state index contributed by atoms with van der Waals surface area (Å²) < 4.78 is 77.6. The van der Waals surface area contributed by atoms with Gasteiger partial charge in [0.2, 0.25) is 5.75 Å². The summed E-state index contributed by atoms with van der Waals surface area (Å²) in [5, 5.41) is 14.3. The highest BCUT2D eigenvalue weighted by Gasteiger charge is 2.39. The van der Waals surface area contributed by atoms with Crippen molar-refractivity contribution in [3.8, 4) is 17.2 Å². The molecule has 3 heterocycles. The van der Waals surface area contributed by atoms with Crippen LogP contribution < -0.4 is 23.6 Å². The highest BCUT2D eigenvalue weighted by molar-refractivity contribution is 7.86. The minimum Gasteiger partial charge on any atom is -0.741 e. The van der Waals surface area contributed by atoms with Crippen molar-refractivity contribution < 1.29 is 50.1 Å². The highest BCUT2D eigenvalue weighted by atomic mass is 35.5. The van der Waals surface area contributed by atoms with E-state index in [1.165, 1.54) is 13.2 Å². The number of benzene rings is 3. The van der Waals surface area contributed by atoms with E-state index in [0.29, 0.717) is 51.9 Å². The van der Waals surface area contributed by atoms with Gasteiger partial charge < -0.3 is 38.8 Å². The Morgan fingerprint density at radius 1 is 1.04 bits per heavy atom. The molecular formula is C34H35ClF3N5O9S. The standard InChI is InChI=1S/C33H34ClN5O6.CHF3O3S/c1-36-21(11-12-28(36)38(41)42)18-39(2,3)26-15-25-29(23-10-8-7-9-22(23)26)20(16-34)17-37(25)33(40)24-13-19-14-27(43-4)31(44-5)32(45-6)30(19)35-24;2-1(3,4)8(5,6)7/h7-15,20H,16-18H2,1-6H3;(H,5,6,7). The van der Waals surface area contributed by atoms with Crippen LogP contribution >= 0.6 is 11.6 Å². The van der Waals surface area contributed by atoms with Gasteiger partial charge in [-0.3, -0.25) is 9.28 Å². The van der Waals surface area contributed by atoms with Crippen molar-refractivity contribution in [2.24, 2.45) is 7.05 Å². The Morgan fingerprint density at radius 2 is 1.66 bits per heavy atom. The summed E-state index contributed by atoms with van der Waals surface area (Å²) >= 11 is 6.55. The number of fused-ring (bicyclic) bond motifs is 4. The Hall–Kier alpha value is -5.04. The third-order valence-corrected chi connectivity index (χ3v) is 10.0. The molecule has 0 bridgehead atoms. The molecule has 0 aliphatic carbocycles. The van der Waals surface area contributed by atoms with Crippen LogP contribution in [0.15, 0.2) is 54.6 Å². The molecule has 14 nitrogen and oxygen atoms in total. The van der Waals surface area contributed by atoms with Crippen LogP contribution in [0.3, 0.4) is 0 Å². The number of rotatable bonds is 9. The van der Waals surface area contributed by atoms with Crippen LogP contribution in [0.2, 0.25) is 0 Å². The minimum absolute atomic E-state index is 0.0377. The normalized spacial score (nSPS) is 14.5. The van der Waals surface area contributed by atoms with E-state index in [1.807, 2.05) is 18.2 Å². The molecule has 0 spiro atoms. The van der Waals surface area contributed by atoms with E-state index in [1.54, 1.807) is 42.9 Å². The van der Waals surface area contributed by atoms with Crippen molar-refractivity contribution >= 4 is 66.5 Å². The fourth-order valence-corrected chi connectivity index (χ4v) is 6.88. The molecule has 3 aromatic carbocycles. The number of methoxy groups -OCH3 is 3. The number of H-pyrrole nitrogens is 1. The molecule has 19 heteroatoms. The van der Waals surface area contributed by atoms with E-state index >= 15 is 0 Å². The molecular weight excluding hydrogens is 747 g/mol. The van der Waals surface area contributed by atoms with Gasteiger partial charge >= 0.3 is 11.3 Å². The van der Waals surface area contributed by atoms with E-state index in [9.17, 15) is 28.1 Å². The number of amides is 1. The summed E-state index contributed by atoms with van der Waals surface area (Å²) in [5.74, 6) is 1.48.